The molecule has 1 atom stereocenters. The van der Waals surface area contributed by atoms with E-state index in [1.54, 1.807) is 20.1 Å². The molecule has 0 saturated heterocycles. The van der Waals surface area contributed by atoms with Gasteiger partial charge in [0, 0.05) is 22.9 Å². The minimum absolute atomic E-state index is 0.0261. The SMILES string of the molecule is COc1ccccc1C(C)Nc1cccc([N+](=O)[O-])c1C. The minimum atomic E-state index is -0.367. The lowest BCUT2D eigenvalue weighted by atomic mass is 10.1. The summed E-state index contributed by atoms with van der Waals surface area (Å²) in [6.07, 6.45) is 0. The van der Waals surface area contributed by atoms with Gasteiger partial charge in [-0.1, -0.05) is 24.3 Å². The second-order valence-electron chi connectivity index (χ2n) is 4.81. The van der Waals surface area contributed by atoms with Crippen LogP contribution in [-0.4, -0.2) is 12.0 Å². The molecule has 0 spiro atoms. The van der Waals surface area contributed by atoms with Crippen LogP contribution in [0.15, 0.2) is 42.5 Å². The Kier molecular flexibility index (Phi) is 4.42. The van der Waals surface area contributed by atoms with Crippen molar-refractivity contribution in [3.63, 3.8) is 0 Å². The number of ether oxygens (including phenoxy) is 1. The van der Waals surface area contributed by atoms with Crippen molar-refractivity contribution in [1.82, 2.24) is 0 Å². The van der Waals surface area contributed by atoms with E-state index >= 15 is 0 Å². The van der Waals surface area contributed by atoms with E-state index in [2.05, 4.69) is 5.32 Å². The molecule has 0 aromatic heterocycles. The first kappa shape index (κ1) is 14.8. The molecule has 0 aliphatic rings. The Bertz CT molecular complexity index is 656. The number of rotatable bonds is 5. The van der Waals surface area contributed by atoms with E-state index in [9.17, 15) is 10.1 Å². The predicted molar refractivity (Wildman–Crippen MR) is 82.9 cm³/mol. The van der Waals surface area contributed by atoms with Crippen LogP contribution in [0.3, 0.4) is 0 Å². The summed E-state index contributed by atoms with van der Waals surface area (Å²) in [7, 11) is 1.63. The van der Waals surface area contributed by atoms with Crippen molar-refractivity contribution in [1.29, 1.82) is 0 Å². The molecule has 0 heterocycles. The monoisotopic (exact) mass is 286 g/mol. The van der Waals surface area contributed by atoms with E-state index < -0.39 is 0 Å². The number of methoxy groups -OCH3 is 1. The maximum Gasteiger partial charge on any atom is 0.274 e. The molecule has 0 bridgehead atoms. The van der Waals surface area contributed by atoms with Gasteiger partial charge in [-0.3, -0.25) is 10.1 Å². The molecule has 0 radical (unpaired) electrons. The first-order valence-corrected chi connectivity index (χ1v) is 6.68. The number of hydrogen-bond donors (Lipinski definition) is 1. The quantitative estimate of drug-likeness (QED) is 0.664. The Morgan fingerprint density at radius 2 is 1.90 bits per heavy atom. The molecular formula is C16H18N2O3. The molecule has 0 amide bonds. The van der Waals surface area contributed by atoms with Gasteiger partial charge < -0.3 is 10.1 Å². The van der Waals surface area contributed by atoms with Crippen molar-refractivity contribution in [3.8, 4) is 5.75 Å². The Balaban J connectivity index is 2.30. The average molecular weight is 286 g/mol. The highest BCUT2D eigenvalue weighted by molar-refractivity contribution is 5.61. The highest BCUT2D eigenvalue weighted by Gasteiger charge is 2.16. The fraction of sp³-hybridized carbons (Fsp3) is 0.250. The first-order chi connectivity index (χ1) is 10.0. The summed E-state index contributed by atoms with van der Waals surface area (Å²) in [5.74, 6) is 0.792. The van der Waals surface area contributed by atoms with Crippen LogP contribution in [0.5, 0.6) is 5.75 Å². The molecule has 1 unspecified atom stereocenters. The van der Waals surface area contributed by atoms with Crippen molar-refractivity contribution >= 4 is 11.4 Å². The Morgan fingerprint density at radius 1 is 1.19 bits per heavy atom. The molecule has 1 N–H and O–H groups in total. The normalized spacial score (nSPS) is 11.8. The van der Waals surface area contributed by atoms with Crippen molar-refractivity contribution in [2.24, 2.45) is 0 Å². The van der Waals surface area contributed by atoms with Gasteiger partial charge in [0.1, 0.15) is 5.75 Å². The molecule has 0 aliphatic carbocycles. The van der Waals surface area contributed by atoms with Gasteiger partial charge >= 0.3 is 0 Å². The molecule has 5 heteroatoms. The van der Waals surface area contributed by atoms with Crippen LogP contribution in [0, 0.1) is 17.0 Å². The van der Waals surface area contributed by atoms with E-state index in [0.717, 1.165) is 17.0 Å². The molecule has 0 fully saturated rings. The van der Waals surface area contributed by atoms with Crippen molar-refractivity contribution in [2.75, 3.05) is 12.4 Å². The topological polar surface area (TPSA) is 64.4 Å². The van der Waals surface area contributed by atoms with Gasteiger partial charge in [-0.15, -0.1) is 0 Å². The summed E-state index contributed by atoms with van der Waals surface area (Å²) in [6, 6.07) is 12.7. The van der Waals surface area contributed by atoms with Crippen LogP contribution in [0.4, 0.5) is 11.4 Å². The largest absolute Gasteiger partial charge is 0.496 e. The summed E-state index contributed by atoms with van der Waals surface area (Å²) < 4.78 is 5.35. The van der Waals surface area contributed by atoms with Gasteiger partial charge in [0.15, 0.2) is 0 Å². The average Bonchev–Trinajstić information content (AvgIpc) is 2.48. The lowest BCUT2D eigenvalue weighted by Crippen LogP contribution is -2.09. The zero-order valence-corrected chi connectivity index (χ0v) is 12.3. The molecule has 2 rings (SSSR count). The van der Waals surface area contributed by atoms with Crippen molar-refractivity contribution in [3.05, 3.63) is 63.7 Å². The highest BCUT2D eigenvalue weighted by atomic mass is 16.6. The van der Waals surface area contributed by atoms with E-state index in [4.69, 9.17) is 4.74 Å². The number of nitrogens with zero attached hydrogens (tertiary/aromatic N) is 1. The Morgan fingerprint density at radius 3 is 2.57 bits per heavy atom. The maximum absolute atomic E-state index is 11.0. The zero-order chi connectivity index (χ0) is 15.4. The van der Waals surface area contributed by atoms with E-state index in [1.807, 2.05) is 37.3 Å². The lowest BCUT2D eigenvalue weighted by molar-refractivity contribution is -0.385. The minimum Gasteiger partial charge on any atom is -0.496 e. The van der Waals surface area contributed by atoms with Crippen LogP contribution >= 0.6 is 0 Å². The fourth-order valence-electron chi connectivity index (χ4n) is 2.31. The summed E-state index contributed by atoms with van der Waals surface area (Å²) in [4.78, 5) is 10.6. The summed E-state index contributed by atoms with van der Waals surface area (Å²) in [5.41, 5.74) is 2.50. The molecule has 21 heavy (non-hydrogen) atoms. The van der Waals surface area contributed by atoms with Gasteiger partial charge in [0.25, 0.3) is 5.69 Å². The molecular weight excluding hydrogens is 268 g/mol. The van der Waals surface area contributed by atoms with Crippen molar-refractivity contribution < 1.29 is 9.66 Å². The Hall–Kier alpha value is -2.56. The fourth-order valence-corrected chi connectivity index (χ4v) is 2.31. The van der Waals surface area contributed by atoms with Crippen LogP contribution < -0.4 is 10.1 Å². The number of nitrogens with one attached hydrogen (secondary N) is 1. The van der Waals surface area contributed by atoms with Gasteiger partial charge in [-0.05, 0) is 26.0 Å². The molecule has 2 aromatic carbocycles. The van der Waals surface area contributed by atoms with Gasteiger partial charge in [0.05, 0.1) is 18.1 Å². The molecule has 0 saturated carbocycles. The van der Waals surface area contributed by atoms with Gasteiger partial charge in [-0.2, -0.15) is 0 Å². The number of nitro groups is 1. The number of benzene rings is 2. The second kappa shape index (κ2) is 6.26. The first-order valence-electron chi connectivity index (χ1n) is 6.68. The second-order valence-corrected chi connectivity index (χ2v) is 4.81. The maximum atomic E-state index is 11.0. The zero-order valence-electron chi connectivity index (χ0n) is 12.3. The van der Waals surface area contributed by atoms with Crippen LogP contribution in [0.25, 0.3) is 0 Å². The van der Waals surface area contributed by atoms with Crippen LogP contribution in [0.1, 0.15) is 24.1 Å². The highest BCUT2D eigenvalue weighted by Crippen LogP contribution is 2.31. The molecule has 2 aromatic rings. The number of hydrogen-bond acceptors (Lipinski definition) is 4. The predicted octanol–water partition coefficient (Wildman–Crippen LogP) is 4.08. The summed E-state index contributed by atoms with van der Waals surface area (Å²) in [5, 5.41) is 14.3. The number of para-hydroxylation sites is 1. The smallest absolute Gasteiger partial charge is 0.274 e. The molecule has 5 nitrogen and oxygen atoms in total. The van der Waals surface area contributed by atoms with Crippen molar-refractivity contribution in [2.45, 2.75) is 19.9 Å². The van der Waals surface area contributed by atoms with E-state index in [1.165, 1.54) is 6.07 Å². The van der Waals surface area contributed by atoms with E-state index in [-0.39, 0.29) is 16.7 Å². The molecule has 110 valence electrons. The molecule has 0 aliphatic heterocycles. The lowest BCUT2D eigenvalue weighted by Gasteiger charge is -2.19. The summed E-state index contributed by atoms with van der Waals surface area (Å²) >= 11 is 0. The Labute approximate surface area is 123 Å². The number of anilines is 1. The van der Waals surface area contributed by atoms with E-state index in [0.29, 0.717) is 5.56 Å². The third-order valence-corrected chi connectivity index (χ3v) is 3.48. The van der Waals surface area contributed by atoms with Gasteiger partial charge in [0.2, 0.25) is 0 Å². The van der Waals surface area contributed by atoms with Crippen LogP contribution in [-0.2, 0) is 0 Å². The summed E-state index contributed by atoms with van der Waals surface area (Å²) in [6.45, 7) is 3.74. The number of nitro benzene ring substituents is 1. The van der Waals surface area contributed by atoms with Gasteiger partial charge in [-0.25, -0.2) is 0 Å². The standard InChI is InChI=1S/C16H18N2O3/c1-11-14(8-6-9-15(11)18(19)20)17-12(2)13-7-4-5-10-16(13)21-3/h4-10,12,17H,1-3H3. The third kappa shape index (κ3) is 3.13. The van der Waals surface area contributed by atoms with Crippen LogP contribution in [0.2, 0.25) is 0 Å². The third-order valence-electron chi connectivity index (χ3n) is 3.48.